The third-order valence-electron chi connectivity index (χ3n) is 4.68. The Labute approximate surface area is 187 Å². The maximum Gasteiger partial charge on any atom is 0.251 e. The van der Waals surface area contributed by atoms with Gasteiger partial charge < -0.3 is 16.4 Å². The SMILES string of the molecule is Nc1ccc(C(=O)NCC(=O)Nc2nc(-c3cccc(-c4ccccc4F)c3)cs2)cc1. The van der Waals surface area contributed by atoms with Crippen LogP contribution in [0.2, 0.25) is 0 Å². The number of nitrogens with two attached hydrogens (primary N) is 1. The minimum Gasteiger partial charge on any atom is -0.399 e. The Bertz CT molecular complexity index is 1270. The molecule has 160 valence electrons. The summed E-state index contributed by atoms with van der Waals surface area (Å²) in [6.07, 6.45) is 0. The number of carbonyl (C=O) groups is 2. The number of hydrogen-bond acceptors (Lipinski definition) is 5. The number of nitrogen functional groups attached to an aromatic ring is 1. The number of nitrogens with one attached hydrogen (secondary N) is 2. The molecule has 0 saturated heterocycles. The summed E-state index contributed by atoms with van der Waals surface area (Å²) >= 11 is 1.27. The molecule has 8 heteroatoms. The molecule has 1 aromatic heterocycles. The second-order valence-corrected chi connectivity index (χ2v) is 7.81. The monoisotopic (exact) mass is 446 g/mol. The van der Waals surface area contributed by atoms with E-state index in [1.165, 1.54) is 17.4 Å². The molecule has 4 aromatic rings. The quantitative estimate of drug-likeness (QED) is 0.378. The lowest BCUT2D eigenvalue weighted by Gasteiger charge is -2.06. The molecule has 0 aliphatic carbocycles. The van der Waals surface area contributed by atoms with E-state index in [1.807, 2.05) is 29.6 Å². The lowest BCUT2D eigenvalue weighted by Crippen LogP contribution is -2.32. The topological polar surface area (TPSA) is 97.1 Å². The molecular weight excluding hydrogens is 427 g/mol. The molecule has 4 N–H and O–H groups in total. The van der Waals surface area contributed by atoms with Crippen LogP contribution in [0.25, 0.3) is 22.4 Å². The molecule has 0 unspecified atom stereocenters. The number of nitrogens with zero attached hydrogens (tertiary/aromatic N) is 1. The van der Waals surface area contributed by atoms with Crippen molar-refractivity contribution in [3.8, 4) is 22.4 Å². The molecule has 4 rings (SSSR count). The van der Waals surface area contributed by atoms with Crippen LogP contribution in [0.4, 0.5) is 15.2 Å². The number of aromatic nitrogens is 1. The number of carbonyl (C=O) groups excluding carboxylic acids is 2. The molecule has 6 nitrogen and oxygen atoms in total. The maximum absolute atomic E-state index is 14.1. The van der Waals surface area contributed by atoms with Crippen LogP contribution in [-0.2, 0) is 4.79 Å². The minimum absolute atomic E-state index is 0.194. The highest BCUT2D eigenvalue weighted by Gasteiger charge is 2.12. The first-order valence-corrected chi connectivity index (χ1v) is 10.6. The molecule has 32 heavy (non-hydrogen) atoms. The van der Waals surface area contributed by atoms with Crippen LogP contribution < -0.4 is 16.4 Å². The normalized spacial score (nSPS) is 10.5. The van der Waals surface area contributed by atoms with Crippen LogP contribution >= 0.6 is 11.3 Å². The Kier molecular flexibility index (Phi) is 6.23. The largest absolute Gasteiger partial charge is 0.399 e. The van der Waals surface area contributed by atoms with Gasteiger partial charge in [-0.15, -0.1) is 11.3 Å². The van der Waals surface area contributed by atoms with E-state index in [9.17, 15) is 14.0 Å². The van der Waals surface area contributed by atoms with Crippen LogP contribution in [0.15, 0.2) is 78.2 Å². The van der Waals surface area contributed by atoms with Gasteiger partial charge >= 0.3 is 0 Å². The zero-order valence-electron chi connectivity index (χ0n) is 16.8. The molecule has 0 atom stereocenters. The average molecular weight is 447 g/mol. The van der Waals surface area contributed by atoms with E-state index < -0.39 is 5.91 Å². The van der Waals surface area contributed by atoms with E-state index in [0.29, 0.717) is 27.6 Å². The number of amides is 2. The Morgan fingerprint density at radius 1 is 0.969 bits per heavy atom. The Balaban J connectivity index is 1.39. The fraction of sp³-hybridized carbons (Fsp3) is 0.0417. The first kappa shape index (κ1) is 21.2. The Hall–Kier alpha value is -4.04. The van der Waals surface area contributed by atoms with E-state index >= 15 is 0 Å². The van der Waals surface area contributed by atoms with Gasteiger partial charge in [0, 0.05) is 27.8 Å². The van der Waals surface area contributed by atoms with Gasteiger partial charge in [-0.3, -0.25) is 9.59 Å². The van der Waals surface area contributed by atoms with Crippen molar-refractivity contribution in [3.05, 3.63) is 89.6 Å². The molecule has 0 aliphatic rings. The van der Waals surface area contributed by atoms with Gasteiger partial charge in [-0.05, 0) is 42.0 Å². The van der Waals surface area contributed by atoms with Crippen LogP contribution in [0.5, 0.6) is 0 Å². The van der Waals surface area contributed by atoms with Gasteiger partial charge in [-0.25, -0.2) is 9.37 Å². The van der Waals surface area contributed by atoms with Gasteiger partial charge in [0.1, 0.15) is 5.82 Å². The summed E-state index contributed by atoms with van der Waals surface area (Å²) in [6.45, 7) is -0.194. The van der Waals surface area contributed by atoms with Gasteiger partial charge in [0.25, 0.3) is 5.91 Å². The number of halogens is 1. The Morgan fingerprint density at radius 2 is 1.72 bits per heavy atom. The van der Waals surface area contributed by atoms with Gasteiger partial charge in [0.05, 0.1) is 12.2 Å². The summed E-state index contributed by atoms with van der Waals surface area (Å²) in [5, 5.41) is 7.45. The van der Waals surface area contributed by atoms with Crippen LogP contribution in [0.1, 0.15) is 10.4 Å². The van der Waals surface area contributed by atoms with Crippen molar-refractivity contribution in [2.45, 2.75) is 0 Å². The van der Waals surface area contributed by atoms with Crippen LogP contribution in [0.3, 0.4) is 0 Å². The summed E-state index contributed by atoms with van der Waals surface area (Å²) in [4.78, 5) is 28.7. The summed E-state index contributed by atoms with van der Waals surface area (Å²) in [5.74, 6) is -1.06. The minimum atomic E-state index is -0.394. The highest BCUT2D eigenvalue weighted by Crippen LogP contribution is 2.29. The lowest BCUT2D eigenvalue weighted by atomic mass is 10.0. The van der Waals surface area contributed by atoms with Crippen molar-refractivity contribution in [1.29, 1.82) is 0 Å². The van der Waals surface area contributed by atoms with Crippen molar-refractivity contribution < 1.29 is 14.0 Å². The van der Waals surface area contributed by atoms with Gasteiger partial charge in [0.15, 0.2) is 5.13 Å². The maximum atomic E-state index is 14.1. The number of rotatable bonds is 6. The first-order chi connectivity index (χ1) is 15.5. The third-order valence-corrected chi connectivity index (χ3v) is 5.43. The molecule has 0 fully saturated rings. The van der Waals surface area contributed by atoms with Crippen LogP contribution in [-0.4, -0.2) is 23.3 Å². The van der Waals surface area contributed by atoms with Crippen molar-refractivity contribution in [1.82, 2.24) is 10.3 Å². The van der Waals surface area contributed by atoms with Crippen molar-refractivity contribution in [2.24, 2.45) is 0 Å². The number of anilines is 2. The van der Waals surface area contributed by atoms with Gasteiger partial charge in [-0.2, -0.15) is 0 Å². The second kappa shape index (κ2) is 9.40. The van der Waals surface area contributed by atoms with Crippen molar-refractivity contribution >= 4 is 34.0 Å². The summed E-state index contributed by atoms with van der Waals surface area (Å²) in [6, 6.07) is 20.4. The number of thiazole rings is 1. The predicted octanol–water partition coefficient (Wildman–Crippen LogP) is 4.57. The molecular formula is C24H19FN4O2S. The molecule has 0 spiro atoms. The highest BCUT2D eigenvalue weighted by atomic mass is 32.1. The zero-order chi connectivity index (χ0) is 22.5. The van der Waals surface area contributed by atoms with Gasteiger partial charge in [0.2, 0.25) is 5.91 Å². The highest BCUT2D eigenvalue weighted by molar-refractivity contribution is 7.14. The summed E-state index contributed by atoms with van der Waals surface area (Å²) < 4.78 is 14.1. The summed E-state index contributed by atoms with van der Waals surface area (Å²) in [7, 11) is 0. The molecule has 0 bridgehead atoms. The lowest BCUT2D eigenvalue weighted by molar-refractivity contribution is -0.115. The van der Waals surface area contributed by atoms with Gasteiger partial charge in [-0.1, -0.05) is 36.4 Å². The standard InChI is InChI=1S/C24H19FN4O2S/c25-20-7-2-1-6-19(20)16-4-3-5-17(12-16)21-14-32-24(28-21)29-22(30)13-27-23(31)15-8-10-18(26)11-9-15/h1-12,14H,13,26H2,(H,27,31)(H,28,29,30). The first-order valence-electron chi connectivity index (χ1n) is 9.74. The van der Waals surface area contributed by atoms with Crippen LogP contribution in [0, 0.1) is 5.82 Å². The smallest absolute Gasteiger partial charge is 0.251 e. The Morgan fingerprint density at radius 3 is 2.50 bits per heavy atom. The second-order valence-electron chi connectivity index (χ2n) is 6.95. The molecule has 0 radical (unpaired) electrons. The molecule has 2 amide bonds. The van der Waals surface area contributed by atoms with E-state index in [-0.39, 0.29) is 18.3 Å². The number of benzene rings is 3. The molecule has 1 heterocycles. The predicted molar refractivity (Wildman–Crippen MR) is 125 cm³/mol. The average Bonchev–Trinajstić information content (AvgIpc) is 3.27. The summed E-state index contributed by atoms with van der Waals surface area (Å²) in [5.41, 5.74) is 9.29. The van der Waals surface area contributed by atoms with E-state index in [0.717, 1.165) is 11.1 Å². The molecule has 0 aliphatic heterocycles. The fourth-order valence-electron chi connectivity index (χ4n) is 3.07. The number of hydrogen-bond donors (Lipinski definition) is 3. The molecule has 0 saturated carbocycles. The van der Waals surface area contributed by atoms with E-state index in [4.69, 9.17) is 5.73 Å². The van der Waals surface area contributed by atoms with E-state index in [2.05, 4.69) is 15.6 Å². The van der Waals surface area contributed by atoms with E-state index in [1.54, 1.807) is 42.5 Å². The fourth-order valence-corrected chi connectivity index (χ4v) is 3.80. The van der Waals surface area contributed by atoms with Crippen molar-refractivity contribution in [2.75, 3.05) is 17.6 Å². The van der Waals surface area contributed by atoms with Crippen molar-refractivity contribution in [3.63, 3.8) is 0 Å². The third kappa shape index (κ3) is 4.98. The zero-order valence-corrected chi connectivity index (χ0v) is 17.7. The molecule has 3 aromatic carbocycles.